The second kappa shape index (κ2) is 6.42. The Balaban J connectivity index is 2.57. The Bertz CT molecular complexity index is 221. The molecule has 0 N–H and O–H groups in total. The van der Waals surface area contributed by atoms with Gasteiger partial charge in [-0.3, -0.25) is 4.79 Å². The van der Waals surface area contributed by atoms with E-state index >= 15 is 0 Å². The second-order valence-corrected chi connectivity index (χ2v) is 4.50. The van der Waals surface area contributed by atoms with Crippen molar-refractivity contribution in [3.8, 4) is 0 Å². The lowest BCUT2D eigenvalue weighted by Gasteiger charge is -2.17. The lowest BCUT2D eigenvalue weighted by atomic mass is 10.2. The van der Waals surface area contributed by atoms with Gasteiger partial charge in [0, 0.05) is 26.3 Å². The molecule has 0 unspecified atom stereocenters. The van der Waals surface area contributed by atoms with Crippen LogP contribution in [-0.2, 0) is 14.3 Å². The minimum absolute atomic E-state index is 0.0238. The van der Waals surface area contributed by atoms with E-state index in [2.05, 4.69) is 0 Å². The van der Waals surface area contributed by atoms with Crippen LogP contribution in [0.15, 0.2) is 0 Å². The third-order valence-corrected chi connectivity index (χ3v) is 2.82. The molecule has 1 heterocycles. The first-order valence-corrected chi connectivity index (χ1v) is 6.19. The molecule has 1 aliphatic rings. The Hall–Kier alpha value is -0.320. The molecule has 16 heavy (non-hydrogen) atoms. The van der Waals surface area contributed by atoms with Crippen LogP contribution in [0.4, 0.5) is 0 Å². The maximum absolute atomic E-state index is 11.7. The van der Waals surface area contributed by atoms with Crippen LogP contribution in [0.1, 0.15) is 20.8 Å². The molecule has 1 fully saturated rings. The standard InChI is InChI=1S/C11H20ClNO3/c1-4-15-9-6-13(11(14)8(3)12)7-10(9)16-5-2/h8-10H,4-7H2,1-3H3/t8-,9+,10+/m0/s1. The van der Waals surface area contributed by atoms with Crippen molar-refractivity contribution in [3.63, 3.8) is 0 Å². The zero-order chi connectivity index (χ0) is 12.1. The quantitative estimate of drug-likeness (QED) is 0.689. The largest absolute Gasteiger partial charge is 0.374 e. The molecule has 0 aliphatic carbocycles. The monoisotopic (exact) mass is 249 g/mol. The number of hydrogen-bond acceptors (Lipinski definition) is 3. The molecule has 1 rings (SSSR count). The molecule has 0 aromatic rings. The van der Waals surface area contributed by atoms with Gasteiger partial charge in [-0.2, -0.15) is 0 Å². The second-order valence-electron chi connectivity index (χ2n) is 3.85. The summed E-state index contributed by atoms with van der Waals surface area (Å²) in [5, 5.41) is -0.484. The van der Waals surface area contributed by atoms with Crippen molar-refractivity contribution in [3.05, 3.63) is 0 Å². The van der Waals surface area contributed by atoms with E-state index in [-0.39, 0.29) is 18.1 Å². The first kappa shape index (κ1) is 13.7. The van der Waals surface area contributed by atoms with Crippen molar-refractivity contribution in [2.24, 2.45) is 0 Å². The topological polar surface area (TPSA) is 38.8 Å². The number of ether oxygens (including phenoxy) is 2. The summed E-state index contributed by atoms with van der Waals surface area (Å²) >= 11 is 5.78. The van der Waals surface area contributed by atoms with Crippen LogP contribution in [0.3, 0.4) is 0 Å². The van der Waals surface area contributed by atoms with E-state index in [9.17, 15) is 4.79 Å². The Morgan fingerprint density at radius 2 is 1.75 bits per heavy atom. The van der Waals surface area contributed by atoms with E-state index in [0.29, 0.717) is 26.3 Å². The van der Waals surface area contributed by atoms with E-state index in [4.69, 9.17) is 21.1 Å². The first-order valence-electron chi connectivity index (χ1n) is 5.76. The van der Waals surface area contributed by atoms with Gasteiger partial charge in [0.05, 0.1) is 0 Å². The van der Waals surface area contributed by atoms with Crippen LogP contribution in [-0.4, -0.2) is 54.7 Å². The van der Waals surface area contributed by atoms with Crippen LogP contribution in [0, 0.1) is 0 Å². The van der Waals surface area contributed by atoms with Gasteiger partial charge in [-0.1, -0.05) is 0 Å². The Kier molecular flexibility index (Phi) is 5.52. The van der Waals surface area contributed by atoms with Crippen LogP contribution in [0.25, 0.3) is 0 Å². The van der Waals surface area contributed by atoms with Gasteiger partial charge in [-0.15, -0.1) is 11.6 Å². The molecule has 1 amide bonds. The van der Waals surface area contributed by atoms with E-state index in [1.165, 1.54) is 0 Å². The summed E-state index contributed by atoms with van der Waals surface area (Å²) in [6.07, 6.45) is -0.0476. The molecule has 3 atom stereocenters. The number of likely N-dealkylation sites (tertiary alicyclic amines) is 1. The number of carbonyl (C=O) groups is 1. The van der Waals surface area contributed by atoms with E-state index in [1.54, 1.807) is 11.8 Å². The van der Waals surface area contributed by atoms with Gasteiger partial charge < -0.3 is 14.4 Å². The fourth-order valence-electron chi connectivity index (χ4n) is 1.92. The number of halogens is 1. The van der Waals surface area contributed by atoms with Gasteiger partial charge >= 0.3 is 0 Å². The molecule has 0 aromatic carbocycles. The maximum Gasteiger partial charge on any atom is 0.240 e. The molecule has 94 valence electrons. The molecule has 0 aromatic heterocycles. The average molecular weight is 250 g/mol. The summed E-state index contributed by atoms with van der Waals surface area (Å²) in [5.41, 5.74) is 0. The van der Waals surface area contributed by atoms with Crippen LogP contribution in [0.5, 0.6) is 0 Å². The highest BCUT2D eigenvalue weighted by Gasteiger charge is 2.37. The zero-order valence-electron chi connectivity index (χ0n) is 10.1. The summed E-state index contributed by atoms with van der Waals surface area (Å²) in [5.74, 6) is -0.0476. The lowest BCUT2D eigenvalue weighted by Crippen LogP contribution is -2.34. The van der Waals surface area contributed by atoms with E-state index in [1.807, 2.05) is 13.8 Å². The van der Waals surface area contributed by atoms with Gasteiger partial charge in [-0.25, -0.2) is 0 Å². The molecule has 0 radical (unpaired) electrons. The summed E-state index contributed by atoms with van der Waals surface area (Å²) in [4.78, 5) is 13.4. The molecule has 4 nitrogen and oxygen atoms in total. The normalized spacial score (nSPS) is 27.1. The average Bonchev–Trinajstić information content (AvgIpc) is 2.62. The van der Waals surface area contributed by atoms with Crippen molar-refractivity contribution in [1.29, 1.82) is 0 Å². The zero-order valence-corrected chi connectivity index (χ0v) is 10.9. The molecule has 1 aliphatic heterocycles. The third kappa shape index (κ3) is 3.34. The maximum atomic E-state index is 11.7. The van der Waals surface area contributed by atoms with Crippen LogP contribution >= 0.6 is 11.6 Å². The summed E-state index contributed by atoms with van der Waals surface area (Å²) in [7, 11) is 0. The van der Waals surface area contributed by atoms with Gasteiger partial charge in [0.15, 0.2) is 0 Å². The highest BCUT2D eigenvalue weighted by molar-refractivity contribution is 6.30. The third-order valence-electron chi connectivity index (χ3n) is 2.63. The number of rotatable bonds is 5. The van der Waals surface area contributed by atoms with Crippen molar-refractivity contribution in [2.45, 2.75) is 38.4 Å². The van der Waals surface area contributed by atoms with Crippen molar-refractivity contribution < 1.29 is 14.3 Å². The molecular weight excluding hydrogens is 230 g/mol. The van der Waals surface area contributed by atoms with E-state index < -0.39 is 5.38 Å². The SMILES string of the molecule is CCO[C@@H]1CN(C(=O)[C@H](C)Cl)C[C@H]1OCC. The van der Waals surface area contributed by atoms with Crippen LogP contribution < -0.4 is 0 Å². The predicted molar refractivity (Wildman–Crippen MR) is 62.7 cm³/mol. The van der Waals surface area contributed by atoms with Crippen molar-refractivity contribution >= 4 is 17.5 Å². The number of hydrogen-bond donors (Lipinski definition) is 0. The highest BCUT2D eigenvalue weighted by atomic mass is 35.5. The minimum atomic E-state index is -0.484. The highest BCUT2D eigenvalue weighted by Crippen LogP contribution is 2.18. The summed E-state index contributed by atoms with van der Waals surface area (Å²) in [6.45, 7) is 7.99. The van der Waals surface area contributed by atoms with Crippen molar-refractivity contribution in [1.82, 2.24) is 4.90 Å². The number of carbonyl (C=O) groups excluding carboxylic acids is 1. The van der Waals surface area contributed by atoms with Gasteiger partial charge in [0.1, 0.15) is 17.6 Å². The fraction of sp³-hybridized carbons (Fsp3) is 0.909. The molecule has 0 saturated carbocycles. The molecular formula is C11H20ClNO3. The van der Waals surface area contributed by atoms with Gasteiger partial charge in [-0.05, 0) is 20.8 Å². The molecule has 1 saturated heterocycles. The molecule has 0 spiro atoms. The number of alkyl halides is 1. The molecule has 5 heteroatoms. The first-order chi connectivity index (χ1) is 7.60. The fourth-order valence-corrected chi connectivity index (χ4v) is 2.06. The van der Waals surface area contributed by atoms with Crippen molar-refractivity contribution in [2.75, 3.05) is 26.3 Å². The Morgan fingerprint density at radius 1 is 1.31 bits per heavy atom. The minimum Gasteiger partial charge on any atom is -0.374 e. The number of amides is 1. The summed E-state index contributed by atoms with van der Waals surface area (Å²) < 4.78 is 11.1. The number of nitrogens with zero attached hydrogens (tertiary/aromatic N) is 1. The van der Waals surface area contributed by atoms with E-state index in [0.717, 1.165) is 0 Å². The smallest absolute Gasteiger partial charge is 0.240 e. The lowest BCUT2D eigenvalue weighted by molar-refractivity contribution is -0.130. The van der Waals surface area contributed by atoms with Crippen LogP contribution in [0.2, 0.25) is 0 Å². The van der Waals surface area contributed by atoms with Gasteiger partial charge in [0.25, 0.3) is 0 Å². The summed E-state index contributed by atoms with van der Waals surface area (Å²) in [6, 6.07) is 0. The molecule has 0 bridgehead atoms. The Morgan fingerprint density at radius 3 is 2.06 bits per heavy atom. The predicted octanol–water partition coefficient (Wildman–Crippen LogP) is 1.27. The Labute approximate surface area is 102 Å². The van der Waals surface area contributed by atoms with Gasteiger partial charge in [0.2, 0.25) is 5.91 Å².